The molecule has 0 saturated heterocycles. The van der Waals surface area contributed by atoms with Crippen molar-refractivity contribution in [3.63, 3.8) is 0 Å². The lowest BCUT2D eigenvalue weighted by Crippen LogP contribution is -2.40. The van der Waals surface area contributed by atoms with E-state index in [2.05, 4.69) is 66.4 Å². The van der Waals surface area contributed by atoms with Gasteiger partial charge in [-0.25, -0.2) is 0 Å². The molecule has 2 rings (SSSR count). The molecule has 2 nitrogen and oxygen atoms in total. The first kappa shape index (κ1) is 16.9. The highest BCUT2D eigenvalue weighted by Gasteiger charge is 2.24. The van der Waals surface area contributed by atoms with Crippen LogP contribution in [0, 0.1) is 0 Å². The average Bonchev–Trinajstić information content (AvgIpc) is 2.94. The number of rotatable bonds is 10. The van der Waals surface area contributed by atoms with E-state index in [1.54, 1.807) is 0 Å². The molecule has 0 N–H and O–H groups in total. The Labute approximate surface area is 136 Å². The zero-order valence-corrected chi connectivity index (χ0v) is 14.4. The first-order valence-electron chi connectivity index (χ1n) is 9.09. The molecular weight excluding hydrogens is 268 g/mol. The fraction of sp³-hybridized carbons (Fsp3) is 0.600. The van der Waals surface area contributed by atoms with E-state index in [1.807, 2.05) is 0 Å². The monoisotopic (exact) mass is 300 g/mol. The van der Waals surface area contributed by atoms with Gasteiger partial charge in [-0.3, -0.25) is 0 Å². The molecule has 1 aliphatic heterocycles. The number of unbranched alkanes of at least 4 members (excludes halogenated alkanes) is 5. The van der Waals surface area contributed by atoms with Crippen molar-refractivity contribution in [3.8, 4) is 0 Å². The predicted molar refractivity (Wildman–Crippen MR) is 95.5 cm³/mol. The standard InChI is InChI=1S/C20H32N2/c1-3-5-6-7-8-12-15-22-17-16-21(4-2)20(22)18-19-13-10-9-11-14-19/h9-11,13-14,16-17,20H,3-8,12,15,18H2,1-2H3. The minimum atomic E-state index is 0.503. The molecule has 122 valence electrons. The number of hydrogen-bond donors (Lipinski definition) is 0. The molecule has 1 aliphatic rings. The van der Waals surface area contributed by atoms with Crippen LogP contribution in [0.5, 0.6) is 0 Å². The topological polar surface area (TPSA) is 6.48 Å². The molecule has 0 bridgehead atoms. The lowest BCUT2D eigenvalue weighted by Gasteiger charge is -2.32. The van der Waals surface area contributed by atoms with E-state index < -0.39 is 0 Å². The molecule has 1 aromatic rings. The Morgan fingerprint density at radius 3 is 2.23 bits per heavy atom. The van der Waals surface area contributed by atoms with Crippen LogP contribution in [0.15, 0.2) is 42.7 Å². The SMILES string of the molecule is CCCCCCCCN1C=CN(CC)C1Cc1ccccc1. The lowest BCUT2D eigenvalue weighted by atomic mass is 10.1. The molecule has 1 unspecified atom stereocenters. The van der Waals surface area contributed by atoms with Crippen LogP contribution in [-0.2, 0) is 6.42 Å². The molecule has 22 heavy (non-hydrogen) atoms. The summed E-state index contributed by atoms with van der Waals surface area (Å²) in [6.45, 7) is 6.80. The summed E-state index contributed by atoms with van der Waals surface area (Å²) in [4.78, 5) is 5.00. The fourth-order valence-corrected chi connectivity index (χ4v) is 3.23. The Balaban J connectivity index is 1.80. The molecular formula is C20H32N2. The summed E-state index contributed by atoms with van der Waals surface area (Å²) in [6, 6.07) is 10.9. The molecule has 0 saturated carbocycles. The summed E-state index contributed by atoms with van der Waals surface area (Å²) in [5, 5.41) is 0. The van der Waals surface area contributed by atoms with Crippen LogP contribution < -0.4 is 0 Å². The van der Waals surface area contributed by atoms with Crippen molar-refractivity contribution >= 4 is 0 Å². The minimum Gasteiger partial charge on any atom is -0.356 e. The highest BCUT2D eigenvalue weighted by Crippen LogP contribution is 2.20. The number of likely N-dealkylation sites (N-methyl/N-ethyl adjacent to an activating group) is 1. The first-order chi connectivity index (χ1) is 10.8. The van der Waals surface area contributed by atoms with E-state index in [0.29, 0.717) is 6.17 Å². The van der Waals surface area contributed by atoms with Gasteiger partial charge in [-0.1, -0.05) is 69.4 Å². The highest BCUT2D eigenvalue weighted by atomic mass is 15.4. The van der Waals surface area contributed by atoms with Crippen molar-refractivity contribution < 1.29 is 0 Å². The Kier molecular flexibility index (Phi) is 7.35. The van der Waals surface area contributed by atoms with Crippen molar-refractivity contribution in [1.82, 2.24) is 9.80 Å². The molecule has 0 aliphatic carbocycles. The third kappa shape index (κ3) is 5.08. The first-order valence-corrected chi connectivity index (χ1v) is 9.09. The number of hydrogen-bond acceptors (Lipinski definition) is 2. The van der Waals surface area contributed by atoms with Crippen LogP contribution >= 0.6 is 0 Å². The smallest absolute Gasteiger partial charge is 0.105 e. The minimum absolute atomic E-state index is 0.503. The number of nitrogens with zero attached hydrogens (tertiary/aromatic N) is 2. The van der Waals surface area contributed by atoms with Crippen molar-refractivity contribution in [2.75, 3.05) is 13.1 Å². The summed E-state index contributed by atoms with van der Waals surface area (Å²) < 4.78 is 0. The molecule has 1 atom stereocenters. The molecule has 0 spiro atoms. The van der Waals surface area contributed by atoms with Gasteiger partial charge in [0.05, 0.1) is 0 Å². The van der Waals surface area contributed by atoms with Gasteiger partial charge < -0.3 is 9.80 Å². The zero-order chi connectivity index (χ0) is 15.6. The second kappa shape index (κ2) is 9.55. The normalized spacial score (nSPS) is 17.5. The maximum Gasteiger partial charge on any atom is 0.105 e. The van der Waals surface area contributed by atoms with Crippen LogP contribution in [0.4, 0.5) is 0 Å². The van der Waals surface area contributed by atoms with Crippen LogP contribution in [0.25, 0.3) is 0 Å². The predicted octanol–water partition coefficient (Wildman–Crippen LogP) is 5.02. The van der Waals surface area contributed by atoms with E-state index in [4.69, 9.17) is 0 Å². The lowest BCUT2D eigenvalue weighted by molar-refractivity contribution is 0.155. The Hall–Kier alpha value is -1.44. The van der Waals surface area contributed by atoms with Crippen molar-refractivity contribution in [3.05, 3.63) is 48.3 Å². The van der Waals surface area contributed by atoms with Gasteiger partial charge in [-0.05, 0) is 18.9 Å². The fourth-order valence-electron chi connectivity index (χ4n) is 3.23. The van der Waals surface area contributed by atoms with E-state index >= 15 is 0 Å². The molecule has 0 amide bonds. The summed E-state index contributed by atoms with van der Waals surface area (Å²) in [5.41, 5.74) is 1.43. The van der Waals surface area contributed by atoms with E-state index in [0.717, 1.165) is 13.0 Å². The second-order valence-corrected chi connectivity index (χ2v) is 6.30. The van der Waals surface area contributed by atoms with Gasteiger partial charge in [0.1, 0.15) is 6.17 Å². The largest absolute Gasteiger partial charge is 0.356 e. The molecule has 0 aromatic heterocycles. The van der Waals surface area contributed by atoms with E-state index in [1.165, 1.54) is 50.6 Å². The van der Waals surface area contributed by atoms with Crippen LogP contribution in [0.1, 0.15) is 57.9 Å². The van der Waals surface area contributed by atoms with Crippen molar-refractivity contribution in [1.29, 1.82) is 0 Å². The van der Waals surface area contributed by atoms with E-state index in [9.17, 15) is 0 Å². The van der Waals surface area contributed by atoms with Gasteiger partial charge in [-0.2, -0.15) is 0 Å². The maximum absolute atomic E-state index is 2.54. The highest BCUT2D eigenvalue weighted by molar-refractivity contribution is 5.17. The molecule has 0 radical (unpaired) electrons. The Morgan fingerprint density at radius 2 is 1.50 bits per heavy atom. The van der Waals surface area contributed by atoms with Crippen LogP contribution in [0.2, 0.25) is 0 Å². The Morgan fingerprint density at radius 1 is 0.818 bits per heavy atom. The number of benzene rings is 1. The van der Waals surface area contributed by atoms with Gasteiger partial charge in [0.25, 0.3) is 0 Å². The Bertz CT molecular complexity index is 427. The van der Waals surface area contributed by atoms with Crippen molar-refractivity contribution in [2.24, 2.45) is 0 Å². The van der Waals surface area contributed by atoms with Crippen LogP contribution in [0.3, 0.4) is 0 Å². The van der Waals surface area contributed by atoms with Gasteiger partial charge in [0.2, 0.25) is 0 Å². The quantitative estimate of drug-likeness (QED) is 0.559. The summed E-state index contributed by atoms with van der Waals surface area (Å²) in [6.07, 6.45) is 14.4. The molecule has 2 heteroatoms. The molecule has 1 aromatic carbocycles. The zero-order valence-electron chi connectivity index (χ0n) is 14.4. The van der Waals surface area contributed by atoms with E-state index in [-0.39, 0.29) is 0 Å². The van der Waals surface area contributed by atoms with Gasteiger partial charge in [0, 0.05) is 31.9 Å². The van der Waals surface area contributed by atoms with Crippen LogP contribution in [-0.4, -0.2) is 29.1 Å². The summed E-state index contributed by atoms with van der Waals surface area (Å²) >= 11 is 0. The maximum atomic E-state index is 2.54. The summed E-state index contributed by atoms with van der Waals surface area (Å²) in [5.74, 6) is 0. The van der Waals surface area contributed by atoms with Crippen molar-refractivity contribution in [2.45, 2.75) is 65.0 Å². The van der Waals surface area contributed by atoms with Gasteiger partial charge in [0.15, 0.2) is 0 Å². The second-order valence-electron chi connectivity index (χ2n) is 6.30. The molecule has 0 fully saturated rings. The molecule has 1 heterocycles. The third-order valence-electron chi connectivity index (χ3n) is 4.61. The average molecular weight is 300 g/mol. The third-order valence-corrected chi connectivity index (χ3v) is 4.61. The van der Waals surface area contributed by atoms with Gasteiger partial charge in [-0.15, -0.1) is 0 Å². The summed E-state index contributed by atoms with van der Waals surface area (Å²) in [7, 11) is 0. The van der Waals surface area contributed by atoms with Gasteiger partial charge >= 0.3 is 0 Å².